The van der Waals surface area contributed by atoms with Crippen LogP contribution in [0, 0.1) is 12.7 Å². The Labute approximate surface area is 160 Å². The third kappa shape index (κ3) is 3.45. The zero-order valence-electron chi connectivity index (χ0n) is 14.7. The summed E-state index contributed by atoms with van der Waals surface area (Å²) in [6.07, 6.45) is 0.888. The number of aryl methyl sites for hydroxylation is 1. The first kappa shape index (κ1) is 17.7. The van der Waals surface area contributed by atoms with E-state index in [1.165, 1.54) is 12.1 Å². The first-order valence-electron chi connectivity index (χ1n) is 8.66. The number of carbonyl (C=O) groups excluding carboxylic acids is 1. The topological polar surface area (TPSA) is 59.2 Å². The quantitative estimate of drug-likeness (QED) is 0.653. The maximum Gasteiger partial charge on any atom is 0.249 e. The van der Waals surface area contributed by atoms with E-state index in [-0.39, 0.29) is 24.1 Å². The molecule has 0 bridgehead atoms. The van der Waals surface area contributed by atoms with Gasteiger partial charge in [0.05, 0.1) is 6.54 Å². The van der Waals surface area contributed by atoms with Crippen LogP contribution in [0.25, 0.3) is 11.4 Å². The van der Waals surface area contributed by atoms with Crippen molar-refractivity contribution in [1.29, 1.82) is 0 Å². The molecular weight excluding hydrogens is 369 g/mol. The predicted octanol–water partition coefficient (Wildman–Crippen LogP) is 4.70. The maximum atomic E-state index is 14.1. The number of hydrogen-bond donors (Lipinski definition) is 0. The van der Waals surface area contributed by atoms with Gasteiger partial charge < -0.3 is 9.42 Å². The van der Waals surface area contributed by atoms with Crippen molar-refractivity contribution in [1.82, 2.24) is 15.0 Å². The van der Waals surface area contributed by atoms with Gasteiger partial charge in [0.15, 0.2) is 0 Å². The molecule has 138 valence electrons. The Morgan fingerprint density at radius 3 is 2.89 bits per heavy atom. The molecule has 5 nitrogen and oxygen atoms in total. The molecule has 3 aromatic rings. The molecule has 1 aliphatic rings. The molecule has 0 spiro atoms. The van der Waals surface area contributed by atoms with Gasteiger partial charge in [-0.2, -0.15) is 4.98 Å². The molecule has 27 heavy (non-hydrogen) atoms. The lowest BCUT2D eigenvalue weighted by Crippen LogP contribution is -2.28. The van der Waals surface area contributed by atoms with Gasteiger partial charge in [0.25, 0.3) is 0 Å². The Morgan fingerprint density at radius 2 is 2.11 bits per heavy atom. The number of nitrogens with zero attached hydrogens (tertiary/aromatic N) is 3. The van der Waals surface area contributed by atoms with Gasteiger partial charge in [0.2, 0.25) is 17.6 Å². The van der Waals surface area contributed by atoms with Crippen LogP contribution in [-0.4, -0.2) is 20.9 Å². The molecule has 0 aliphatic carbocycles. The first-order valence-corrected chi connectivity index (χ1v) is 9.04. The molecular formula is C20H17ClFN3O2. The van der Waals surface area contributed by atoms with Crippen molar-refractivity contribution in [3.05, 3.63) is 70.3 Å². The molecule has 1 fully saturated rings. The Kier molecular flexibility index (Phi) is 4.66. The Balaban J connectivity index is 1.62. The van der Waals surface area contributed by atoms with Gasteiger partial charge in [-0.15, -0.1) is 0 Å². The van der Waals surface area contributed by atoms with Gasteiger partial charge in [-0.3, -0.25) is 4.79 Å². The van der Waals surface area contributed by atoms with Crippen LogP contribution in [0.4, 0.5) is 4.39 Å². The number of hydrogen-bond acceptors (Lipinski definition) is 4. The fourth-order valence-electron chi connectivity index (χ4n) is 3.31. The number of carbonyl (C=O) groups is 1. The highest BCUT2D eigenvalue weighted by Crippen LogP contribution is 2.35. The average molecular weight is 386 g/mol. The molecule has 2 aromatic carbocycles. The van der Waals surface area contributed by atoms with Crippen LogP contribution in [0.5, 0.6) is 0 Å². The van der Waals surface area contributed by atoms with E-state index in [1.54, 1.807) is 11.0 Å². The summed E-state index contributed by atoms with van der Waals surface area (Å²) >= 11 is 6.12. The van der Waals surface area contributed by atoms with E-state index in [0.717, 1.165) is 11.1 Å². The maximum absolute atomic E-state index is 14.1. The lowest BCUT2D eigenvalue weighted by atomic mass is 10.1. The molecule has 1 atom stereocenters. The van der Waals surface area contributed by atoms with E-state index < -0.39 is 5.82 Å². The smallest absolute Gasteiger partial charge is 0.249 e. The second kappa shape index (κ2) is 7.12. The average Bonchev–Trinajstić information content (AvgIpc) is 3.25. The van der Waals surface area contributed by atoms with E-state index in [4.69, 9.17) is 16.1 Å². The van der Waals surface area contributed by atoms with E-state index >= 15 is 0 Å². The lowest BCUT2D eigenvalue weighted by Gasteiger charge is -2.22. The van der Waals surface area contributed by atoms with Gasteiger partial charge in [0.1, 0.15) is 11.9 Å². The van der Waals surface area contributed by atoms with Gasteiger partial charge in [-0.1, -0.05) is 46.6 Å². The van der Waals surface area contributed by atoms with Crippen LogP contribution in [0.3, 0.4) is 0 Å². The molecule has 1 aliphatic heterocycles. The van der Waals surface area contributed by atoms with Crippen LogP contribution in [0.15, 0.2) is 47.0 Å². The zero-order valence-corrected chi connectivity index (χ0v) is 15.4. The zero-order chi connectivity index (χ0) is 19.0. The van der Waals surface area contributed by atoms with Gasteiger partial charge in [0, 0.05) is 22.6 Å². The molecule has 1 saturated heterocycles. The minimum atomic E-state index is -0.438. The molecule has 0 saturated carbocycles. The van der Waals surface area contributed by atoms with Gasteiger partial charge >= 0.3 is 0 Å². The Bertz CT molecular complexity index is 984. The van der Waals surface area contributed by atoms with Crippen molar-refractivity contribution in [3.8, 4) is 11.4 Å². The van der Waals surface area contributed by atoms with E-state index in [0.29, 0.717) is 29.6 Å². The monoisotopic (exact) mass is 385 g/mol. The predicted molar refractivity (Wildman–Crippen MR) is 98.4 cm³/mol. The molecule has 1 unspecified atom stereocenters. The molecule has 1 aromatic heterocycles. The highest BCUT2D eigenvalue weighted by atomic mass is 35.5. The normalized spacial score (nSPS) is 16.9. The summed E-state index contributed by atoms with van der Waals surface area (Å²) in [5.74, 6) is 0.295. The van der Waals surface area contributed by atoms with E-state index in [1.807, 2.05) is 31.2 Å². The third-order valence-corrected chi connectivity index (χ3v) is 5.08. The molecule has 1 amide bonds. The molecule has 7 heteroatoms. The van der Waals surface area contributed by atoms with Crippen LogP contribution < -0.4 is 0 Å². The van der Waals surface area contributed by atoms with Crippen LogP contribution in [0.2, 0.25) is 5.02 Å². The molecule has 0 radical (unpaired) electrons. The Hall–Kier alpha value is -2.73. The van der Waals surface area contributed by atoms with Crippen molar-refractivity contribution in [3.63, 3.8) is 0 Å². The standard InChI is InChI=1S/C20H17ClFN3O2/c1-12-4-2-5-13(10-12)19-23-20(27-24-19)17-8-9-18(26)25(17)11-14-15(21)6-3-7-16(14)22/h2-7,10,17H,8-9,11H2,1H3. The third-order valence-electron chi connectivity index (χ3n) is 4.72. The number of halogens is 2. The summed E-state index contributed by atoms with van der Waals surface area (Å²) in [7, 11) is 0. The number of amides is 1. The minimum Gasteiger partial charge on any atom is -0.337 e. The van der Waals surface area contributed by atoms with E-state index in [9.17, 15) is 9.18 Å². The van der Waals surface area contributed by atoms with Crippen LogP contribution in [-0.2, 0) is 11.3 Å². The summed E-state index contributed by atoms with van der Waals surface area (Å²) in [6.45, 7) is 2.05. The lowest BCUT2D eigenvalue weighted by molar-refractivity contribution is -0.130. The minimum absolute atomic E-state index is 0.0666. The van der Waals surface area contributed by atoms with Gasteiger partial charge in [-0.05, 0) is 31.5 Å². The van der Waals surface area contributed by atoms with Crippen LogP contribution >= 0.6 is 11.6 Å². The number of aromatic nitrogens is 2. The summed E-state index contributed by atoms with van der Waals surface area (Å²) in [5.41, 5.74) is 2.22. The van der Waals surface area contributed by atoms with Crippen molar-refractivity contribution in [2.75, 3.05) is 0 Å². The van der Waals surface area contributed by atoms with E-state index in [2.05, 4.69) is 10.1 Å². The fraction of sp³-hybridized carbons (Fsp3) is 0.250. The fourth-order valence-corrected chi connectivity index (χ4v) is 3.54. The molecule has 2 heterocycles. The van der Waals surface area contributed by atoms with Gasteiger partial charge in [-0.25, -0.2) is 4.39 Å². The molecule has 4 rings (SSSR count). The SMILES string of the molecule is Cc1cccc(-c2noc(C3CCC(=O)N3Cc3c(F)cccc3Cl)n2)c1. The number of likely N-dealkylation sites (tertiary alicyclic amines) is 1. The number of rotatable bonds is 4. The van der Waals surface area contributed by atoms with Crippen molar-refractivity contribution in [2.24, 2.45) is 0 Å². The van der Waals surface area contributed by atoms with Crippen molar-refractivity contribution < 1.29 is 13.7 Å². The Morgan fingerprint density at radius 1 is 1.30 bits per heavy atom. The largest absolute Gasteiger partial charge is 0.337 e. The highest BCUT2D eigenvalue weighted by Gasteiger charge is 2.36. The first-order chi connectivity index (χ1) is 13.0. The highest BCUT2D eigenvalue weighted by molar-refractivity contribution is 6.31. The van der Waals surface area contributed by atoms with Crippen LogP contribution in [0.1, 0.15) is 35.9 Å². The molecule has 0 N–H and O–H groups in total. The number of benzene rings is 2. The van der Waals surface area contributed by atoms with Crippen molar-refractivity contribution in [2.45, 2.75) is 32.4 Å². The summed E-state index contributed by atoms with van der Waals surface area (Å²) in [6, 6.07) is 11.9. The van der Waals surface area contributed by atoms with Crippen molar-refractivity contribution >= 4 is 17.5 Å². The summed E-state index contributed by atoms with van der Waals surface area (Å²) in [5, 5.41) is 4.34. The summed E-state index contributed by atoms with van der Waals surface area (Å²) < 4.78 is 19.6. The summed E-state index contributed by atoms with van der Waals surface area (Å²) in [4.78, 5) is 18.4. The second-order valence-electron chi connectivity index (χ2n) is 6.60. The second-order valence-corrected chi connectivity index (χ2v) is 7.01.